The molecule has 2 unspecified atom stereocenters. The molecule has 4 heteroatoms. The molecule has 0 aromatic heterocycles. The highest BCUT2D eigenvalue weighted by Crippen LogP contribution is 2.51. The number of benzene rings is 2. The van der Waals surface area contributed by atoms with Gasteiger partial charge in [-0.3, -0.25) is 0 Å². The number of aromatic hydroxyl groups is 1. The van der Waals surface area contributed by atoms with Crippen LogP contribution in [0.15, 0.2) is 76.0 Å². The van der Waals surface area contributed by atoms with Gasteiger partial charge in [-0.05, 0) is 228 Å². The lowest BCUT2D eigenvalue weighted by Crippen LogP contribution is -2.37. The highest BCUT2D eigenvalue weighted by molar-refractivity contribution is 5.65. The van der Waals surface area contributed by atoms with Crippen LogP contribution in [-0.4, -0.2) is 16.3 Å². The molecule has 0 saturated carbocycles. The molecule has 2 atom stereocenters. The zero-order valence-corrected chi connectivity index (χ0v) is 40.5. The zero-order valence-electron chi connectivity index (χ0n) is 40.5. The molecule has 0 radical (unpaired) electrons. The van der Waals surface area contributed by atoms with Gasteiger partial charge in [-0.2, -0.15) is 0 Å². The van der Waals surface area contributed by atoms with Gasteiger partial charge in [-0.15, -0.1) is 0 Å². The predicted molar refractivity (Wildman–Crippen MR) is 258 cm³/mol. The van der Waals surface area contributed by atoms with E-state index in [0.717, 1.165) is 148 Å². The third kappa shape index (κ3) is 14.1. The molecule has 2 heterocycles. The Labute approximate surface area is 367 Å². The smallest absolute Gasteiger partial charge is 0.176 e. The Kier molecular flexibility index (Phi) is 18.1. The monoisotopic (exact) mass is 819 g/mol. The summed E-state index contributed by atoms with van der Waals surface area (Å²) in [6.45, 7) is 30.6. The summed E-state index contributed by atoms with van der Waals surface area (Å²) in [5.41, 5.74) is 14.3. The van der Waals surface area contributed by atoms with Crippen molar-refractivity contribution in [3.8, 4) is 28.7 Å². The predicted octanol–water partition coefficient (Wildman–Crippen LogP) is 17.0. The summed E-state index contributed by atoms with van der Waals surface area (Å²) in [6, 6.07) is 2.15. The van der Waals surface area contributed by atoms with E-state index in [2.05, 4.69) is 133 Å². The van der Waals surface area contributed by atoms with Crippen LogP contribution in [0, 0.1) is 27.7 Å². The van der Waals surface area contributed by atoms with Crippen molar-refractivity contribution in [3.05, 3.63) is 109 Å². The van der Waals surface area contributed by atoms with E-state index < -0.39 is 0 Å². The summed E-state index contributed by atoms with van der Waals surface area (Å²) in [5, 5.41) is 11.6. The lowest BCUT2D eigenvalue weighted by Gasteiger charge is -2.38. The molecule has 0 bridgehead atoms. The minimum absolute atomic E-state index is 0.212. The van der Waals surface area contributed by atoms with Gasteiger partial charge in [0.25, 0.3) is 0 Å². The fourth-order valence-electron chi connectivity index (χ4n) is 8.60. The standard InChI is InChI=1S/C56H82O4/c1-38(2)21-15-23-40(5)25-17-27-42(7)29-19-33-55(13)35-31-48-37-50(44(9)46(11)52(48)59-55)58-54-49-32-36-56(14,60-53(49)47(12)45(10)51(54)57)34-20-30-43(8)28-18-26-41(6)24-16-22-39(3)4/h21-22,25-26,29-30,37,57H,15-20,23-24,27-28,31-36H2,1-14H3. The zero-order chi connectivity index (χ0) is 44.2. The third-order valence-electron chi connectivity index (χ3n) is 13.2. The van der Waals surface area contributed by atoms with Gasteiger partial charge in [-0.1, -0.05) is 69.9 Å². The number of phenols is 1. The lowest BCUT2D eigenvalue weighted by atomic mass is 9.86. The van der Waals surface area contributed by atoms with Gasteiger partial charge in [-0.25, -0.2) is 0 Å². The first kappa shape index (κ1) is 48.7. The van der Waals surface area contributed by atoms with Gasteiger partial charge in [0.1, 0.15) is 28.5 Å². The average molecular weight is 819 g/mol. The van der Waals surface area contributed by atoms with Gasteiger partial charge >= 0.3 is 0 Å². The number of aryl methyl sites for hydroxylation is 1. The van der Waals surface area contributed by atoms with Gasteiger partial charge in [0.2, 0.25) is 0 Å². The van der Waals surface area contributed by atoms with E-state index in [0.29, 0.717) is 5.75 Å². The van der Waals surface area contributed by atoms with Crippen LogP contribution in [0.2, 0.25) is 0 Å². The molecule has 0 amide bonds. The Bertz CT molecular complexity index is 1990. The third-order valence-corrected chi connectivity index (χ3v) is 13.2. The van der Waals surface area contributed by atoms with Gasteiger partial charge in [0.15, 0.2) is 11.5 Å². The first-order chi connectivity index (χ1) is 28.3. The molecule has 330 valence electrons. The van der Waals surface area contributed by atoms with Crippen LogP contribution in [-0.2, 0) is 12.8 Å². The summed E-state index contributed by atoms with van der Waals surface area (Å²) in [6.07, 6.45) is 30.8. The van der Waals surface area contributed by atoms with Crippen molar-refractivity contribution in [2.24, 2.45) is 0 Å². The molecule has 0 spiro atoms. The summed E-state index contributed by atoms with van der Waals surface area (Å²) in [4.78, 5) is 0. The van der Waals surface area contributed by atoms with E-state index in [1.165, 1.54) is 39.0 Å². The number of hydrogen-bond donors (Lipinski definition) is 1. The van der Waals surface area contributed by atoms with Crippen LogP contribution >= 0.6 is 0 Å². The van der Waals surface area contributed by atoms with Crippen molar-refractivity contribution >= 4 is 0 Å². The fourth-order valence-corrected chi connectivity index (χ4v) is 8.60. The number of fused-ring (bicyclic) bond motifs is 2. The largest absolute Gasteiger partial charge is 0.504 e. The highest BCUT2D eigenvalue weighted by Gasteiger charge is 2.37. The van der Waals surface area contributed by atoms with E-state index >= 15 is 0 Å². The molecule has 4 rings (SSSR count). The topological polar surface area (TPSA) is 47.9 Å². The Morgan fingerprint density at radius 3 is 1.47 bits per heavy atom. The van der Waals surface area contributed by atoms with Gasteiger partial charge in [0.05, 0.1) is 0 Å². The van der Waals surface area contributed by atoms with Crippen LogP contribution < -0.4 is 14.2 Å². The van der Waals surface area contributed by atoms with E-state index in [9.17, 15) is 5.11 Å². The summed E-state index contributed by atoms with van der Waals surface area (Å²) >= 11 is 0. The SMILES string of the molecule is CC(C)=CCCC(C)=CCCC(C)=CCCC1(C)CCc2cc(Oc3c(O)c(C)c(C)c4c3CCC(C)(CCC=C(C)CCC=C(C)CCC=C(C)C)O4)c(C)c(C)c2O1. The number of rotatable bonds is 20. The van der Waals surface area contributed by atoms with Crippen molar-refractivity contribution in [1.29, 1.82) is 0 Å². The summed E-state index contributed by atoms with van der Waals surface area (Å²) < 4.78 is 20.6. The van der Waals surface area contributed by atoms with Crippen LogP contribution in [0.25, 0.3) is 0 Å². The Morgan fingerprint density at radius 1 is 0.567 bits per heavy atom. The normalized spacial score (nSPS) is 19.6. The maximum absolute atomic E-state index is 11.6. The first-order valence-electron chi connectivity index (χ1n) is 23.2. The second-order valence-electron chi connectivity index (χ2n) is 19.6. The van der Waals surface area contributed by atoms with Crippen molar-refractivity contribution in [2.75, 3.05) is 0 Å². The molecule has 4 nitrogen and oxygen atoms in total. The van der Waals surface area contributed by atoms with E-state index in [-0.39, 0.29) is 17.0 Å². The van der Waals surface area contributed by atoms with Crippen LogP contribution in [0.4, 0.5) is 0 Å². The number of phenolic OH excluding ortho intramolecular Hbond substituents is 1. The lowest BCUT2D eigenvalue weighted by molar-refractivity contribution is 0.0548. The number of allylic oxidation sites excluding steroid dienone is 12. The van der Waals surface area contributed by atoms with Crippen molar-refractivity contribution in [2.45, 2.75) is 211 Å². The molecule has 0 aliphatic carbocycles. The fraction of sp³-hybridized carbons (Fsp3) is 0.571. The Hall–Kier alpha value is -3.92. The average Bonchev–Trinajstić information content (AvgIpc) is 3.17. The minimum atomic E-state index is -0.283. The quantitative estimate of drug-likeness (QED) is 0.135. The Morgan fingerprint density at radius 2 is 0.983 bits per heavy atom. The molecule has 0 saturated heterocycles. The molecule has 2 aliphatic heterocycles. The molecule has 2 aliphatic rings. The van der Waals surface area contributed by atoms with Crippen LogP contribution in [0.3, 0.4) is 0 Å². The van der Waals surface area contributed by atoms with E-state index in [1.54, 1.807) is 0 Å². The van der Waals surface area contributed by atoms with E-state index in [4.69, 9.17) is 14.2 Å². The maximum atomic E-state index is 11.6. The maximum Gasteiger partial charge on any atom is 0.176 e. The van der Waals surface area contributed by atoms with E-state index in [1.807, 2.05) is 6.92 Å². The molecule has 60 heavy (non-hydrogen) atoms. The second-order valence-corrected chi connectivity index (χ2v) is 19.6. The first-order valence-corrected chi connectivity index (χ1v) is 23.2. The molecular formula is C56H82O4. The van der Waals surface area contributed by atoms with Crippen LogP contribution in [0.5, 0.6) is 28.7 Å². The number of ether oxygens (including phenoxy) is 3. The van der Waals surface area contributed by atoms with Crippen molar-refractivity contribution < 1.29 is 19.3 Å². The highest BCUT2D eigenvalue weighted by atomic mass is 16.5. The summed E-state index contributed by atoms with van der Waals surface area (Å²) in [7, 11) is 0. The van der Waals surface area contributed by atoms with Crippen molar-refractivity contribution in [3.63, 3.8) is 0 Å². The second kappa shape index (κ2) is 22.3. The molecular weight excluding hydrogens is 737 g/mol. The van der Waals surface area contributed by atoms with Gasteiger partial charge in [0, 0.05) is 11.1 Å². The molecule has 2 aromatic carbocycles. The summed E-state index contributed by atoms with van der Waals surface area (Å²) in [5.74, 6) is 3.41. The number of hydrogen-bond acceptors (Lipinski definition) is 4. The molecule has 0 fully saturated rings. The minimum Gasteiger partial charge on any atom is -0.504 e. The Balaban J connectivity index is 1.39. The van der Waals surface area contributed by atoms with Crippen LogP contribution in [0.1, 0.15) is 193 Å². The van der Waals surface area contributed by atoms with Crippen molar-refractivity contribution in [1.82, 2.24) is 0 Å². The molecule has 2 aromatic rings. The van der Waals surface area contributed by atoms with Gasteiger partial charge < -0.3 is 19.3 Å². The molecule has 1 N–H and O–H groups in total.